The molecule has 1 heterocycles. The highest BCUT2D eigenvalue weighted by atomic mass is 19.4. The number of hydrogen-bond donors (Lipinski definition) is 1. The molecule has 1 aliphatic heterocycles. The molecule has 0 aromatic carbocycles. The number of halogens is 4. The zero-order valence-electron chi connectivity index (χ0n) is 10.5. The summed E-state index contributed by atoms with van der Waals surface area (Å²) >= 11 is 0. The van der Waals surface area contributed by atoms with Crippen molar-refractivity contribution in [1.82, 2.24) is 4.90 Å². The van der Waals surface area contributed by atoms with Gasteiger partial charge in [-0.15, -0.1) is 0 Å². The lowest BCUT2D eigenvalue weighted by atomic mass is 9.90. The minimum absolute atomic E-state index is 0.0392. The van der Waals surface area contributed by atoms with E-state index in [2.05, 4.69) is 4.74 Å². The fourth-order valence-corrected chi connectivity index (χ4v) is 2.01. The predicted octanol–water partition coefficient (Wildman–Crippen LogP) is 2.21. The van der Waals surface area contributed by atoms with Crippen LogP contribution in [-0.4, -0.2) is 54.1 Å². The number of carboxylic acids is 1. The first-order valence-electron chi connectivity index (χ1n) is 6.06. The molecular formula is C11H15F4NO4. The second-order valence-corrected chi connectivity index (χ2v) is 4.47. The maximum Gasteiger partial charge on any atom is 0.410 e. The van der Waals surface area contributed by atoms with Gasteiger partial charge in [0.25, 0.3) is 0 Å². The SMILES string of the molecule is O=C(O)C1CC(C(F)(F)F)CCN1C(=O)OCCCF. The van der Waals surface area contributed by atoms with Gasteiger partial charge in [-0.1, -0.05) is 0 Å². The number of carbonyl (C=O) groups excluding carboxylic acids is 1. The quantitative estimate of drug-likeness (QED) is 0.638. The molecule has 5 nitrogen and oxygen atoms in total. The average molecular weight is 301 g/mol. The Bertz CT molecular complexity index is 361. The fourth-order valence-electron chi connectivity index (χ4n) is 2.01. The van der Waals surface area contributed by atoms with Crippen LogP contribution in [0.3, 0.4) is 0 Å². The molecule has 0 aromatic heterocycles. The van der Waals surface area contributed by atoms with Crippen molar-refractivity contribution in [3.05, 3.63) is 0 Å². The van der Waals surface area contributed by atoms with E-state index in [-0.39, 0.29) is 26.0 Å². The van der Waals surface area contributed by atoms with Crippen molar-refractivity contribution in [3.63, 3.8) is 0 Å². The van der Waals surface area contributed by atoms with Crippen molar-refractivity contribution < 1.29 is 37.0 Å². The first-order chi connectivity index (χ1) is 9.27. The maximum atomic E-state index is 12.6. The highest BCUT2D eigenvalue weighted by Crippen LogP contribution is 2.36. The van der Waals surface area contributed by atoms with Gasteiger partial charge in [-0.05, 0) is 12.8 Å². The number of carboxylic acid groups (broad SMARTS) is 1. The van der Waals surface area contributed by atoms with Crippen LogP contribution in [0.2, 0.25) is 0 Å². The van der Waals surface area contributed by atoms with Gasteiger partial charge in [0, 0.05) is 13.0 Å². The van der Waals surface area contributed by atoms with E-state index < -0.39 is 43.3 Å². The van der Waals surface area contributed by atoms with E-state index in [9.17, 15) is 27.2 Å². The third kappa shape index (κ3) is 4.24. The largest absolute Gasteiger partial charge is 0.480 e. The van der Waals surface area contributed by atoms with Gasteiger partial charge < -0.3 is 9.84 Å². The summed E-state index contributed by atoms with van der Waals surface area (Å²) in [6.45, 7) is -1.29. The third-order valence-corrected chi connectivity index (χ3v) is 3.09. The lowest BCUT2D eigenvalue weighted by molar-refractivity contribution is -0.191. The van der Waals surface area contributed by atoms with Gasteiger partial charge in [-0.3, -0.25) is 9.29 Å². The number of piperidine rings is 1. The second-order valence-electron chi connectivity index (χ2n) is 4.47. The summed E-state index contributed by atoms with van der Waals surface area (Å²) < 4.78 is 54.2. The molecule has 2 unspecified atom stereocenters. The molecule has 1 saturated heterocycles. The zero-order valence-corrected chi connectivity index (χ0v) is 10.5. The number of aliphatic carboxylic acids is 1. The van der Waals surface area contributed by atoms with Gasteiger partial charge in [-0.25, -0.2) is 9.59 Å². The molecule has 1 fully saturated rings. The smallest absolute Gasteiger partial charge is 0.410 e. The van der Waals surface area contributed by atoms with Crippen molar-refractivity contribution in [3.8, 4) is 0 Å². The van der Waals surface area contributed by atoms with Gasteiger partial charge in [0.05, 0.1) is 19.2 Å². The molecule has 0 radical (unpaired) electrons. The number of likely N-dealkylation sites (tertiary alicyclic amines) is 1. The Hall–Kier alpha value is -1.54. The summed E-state index contributed by atoms with van der Waals surface area (Å²) in [5.74, 6) is -3.26. The van der Waals surface area contributed by atoms with E-state index in [1.807, 2.05) is 0 Å². The molecule has 1 rings (SSSR count). The van der Waals surface area contributed by atoms with E-state index in [0.717, 1.165) is 4.90 Å². The molecule has 0 bridgehead atoms. The van der Waals surface area contributed by atoms with Gasteiger partial charge in [0.2, 0.25) is 0 Å². The Morgan fingerprint density at radius 1 is 1.35 bits per heavy atom. The van der Waals surface area contributed by atoms with Crippen molar-refractivity contribution in [1.29, 1.82) is 0 Å². The number of nitrogens with zero attached hydrogens (tertiary/aromatic N) is 1. The van der Waals surface area contributed by atoms with Crippen LogP contribution in [0, 0.1) is 5.92 Å². The normalized spacial score (nSPS) is 23.5. The number of carbonyl (C=O) groups is 2. The van der Waals surface area contributed by atoms with E-state index in [0.29, 0.717) is 0 Å². The summed E-state index contributed by atoms with van der Waals surface area (Å²) in [6.07, 6.45) is -6.62. The molecule has 1 aliphatic rings. The second kappa shape index (κ2) is 6.76. The summed E-state index contributed by atoms with van der Waals surface area (Å²) in [5.41, 5.74) is 0. The van der Waals surface area contributed by atoms with E-state index in [4.69, 9.17) is 5.11 Å². The van der Waals surface area contributed by atoms with Crippen LogP contribution in [-0.2, 0) is 9.53 Å². The summed E-state index contributed by atoms with van der Waals surface area (Å²) in [7, 11) is 0. The van der Waals surface area contributed by atoms with Crippen LogP contribution in [0.5, 0.6) is 0 Å². The van der Waals surface area contributed by atoms with Gasteiger partial charge in [-0.2, -0.15) is 13.2 Å². The van der Waals surface area contributed by atoms with Crippen LogP contribution in [0.4, 0.5) is 22.4 Å². The lowest BCUT2D eigenvalue weighted by Gasteiger charge is -2.36. The molecule has 0 saturated carbocycles. The Kier molecular flexibility index (Phi) is 5.58. The topological polar surface area (TPSA) is 66.8 Å². The third-order valence-electron chi connectivity index (χ3n) is 3.09. The Labute approximate surface area is 112 Å². The number of ether oxygens (including phenoxy) is 1. The summed E-state index contributed by atoms with van der Waals surface area (Å²) in [4.78, 5) is 23.3. The standard InChI is InChI=1S/C11H15F4NO4/c12-3-1-5-20-10(19)16-4-2-7(11(13,14)15)6-8(16)9(17)18/h7-8H,1-6H2,(H,17,18). The summed E-state index contributed by atoms with van der Waals surface area (Å²) in [6, 6.07) is -1.58. The molecule has 0 spiro atoms. The monoisotopic (exact) mass is 301 g/mol. The highest BCUT2D eigenvalue weighted by Gasteiger charge is 2.47. The van der Waals surface area contributed by atoms with Gasteiger partial charge in [0.15, 0.2) is 0 Å². The van der Waals surface area contributed by atoms with Crippen molar-refractivity contribution >= 4 is 12.1 Å². The zero-order chi connectivity index (χ0) is 15.3. The lowest BCUT2D eigenvalue weighted by Crippen LogP contribution is -2.52. The van der Waals surface area contributed by atoms with Gasteiger partial charge >= 0.3 is 18.2 Å². The first kappa shape index (κ1) is 16.5. The van der Waals surface area contributed by atoms with Crippen molar-refractivity contribution in [2.45, 2.75) is 31.5 Å². The highest BCUT2D eigenvalue weighted by molar-refractivity contribution is 5.80. The molecule has 0 aromatic rings. The molecule has 20 heavy (non-hydrogen) atoms. The van der Waals surface area contributed by atoms with Gasteiger partial charge in [0.1, 0.15) is 6.04 Å². The number of hydrogen-bond acceptors (Lipinski definition) is 3. The predicted molar refractivity (Wildman–Crippen MR) is 58.8 cm³/mol. The molecule has 0 aliphatic carbocycles. The molecule has 9 heteroatoms. The van der Waals surface area contributed by atoms with Crippen molar-refractivity contribution in [2.75, 3.05) is 19.8 Å². The van der Waals surface area contributed by atoms with Crippen LogP contribution in [0.25, 0.3) is 0 Å². The Morgan fingerprint density at radius 2 is 2.00 bits per heavy atom. The van der Waals surface area contributed by atoms with E-state index in [1.54, 1.807) is 0 Å². The molecule has 2 atom stereocenters. The van der Waals surface area contributed by atoms with Crippen LogP contribution < -0.4 is 0 Å². The maximum absolute atomic E-state index is 12.6. The molecule has 1 N–H and O–H groups in total. The number of alkyl halides is 4. The van der Waals surface area contributed by atoms with E-state index >= 15 is 0 Å². The number of rotatable bonds is 4. The number of amides is 1. The van der Waals surface area contributed by atoms with E-state index in [1.165, 1.54) is 0 Å². The van der Waals surface area contributed by atoms with Crippen molar-refractivity contribution in [2.24, 2.45) is 5.92 Å². The summed E-state index contributed by atoms with van der Waals surface area (Å²) in [5, 5.41) is 8.94. The minimum atomic E-state index is -4.49. The molecular weight excluding hydrogens is 286 g/mol. The Balaban J connectivity index is 2.68. The van der Waals surface area contributed by atoms with Crippen LogP contribution in [0.1, 0.15) is 19.3 Å². The average Bonchev–Trinajstić information content (AvgIpc) is 2.37. The minimum Gasteiger partial charge on any atom is -0.480 e. The first-order valence-corrected chi connectivity index (χ1v) is 6.06. The fraction of sp³-hybridized carbons (Fsp3) is 0.818. The Morgan fingerprint density at radius 3 is 2.50 bits per heavy atom. The van der Waals surface area contributed by atoms with Crippen LogP contribution in [0.15, 0.2) is 0 Å². The molecule has 116 valence electrons. The van der Waals surface area contributed by atoms with Crippen LogP contribution >= 0.6 is 0 Å². The molecule has 1 amide bonds.